The van der Waals surface area contributed by atoms with Crippen LogP contribution in [0.3, 0.4) is 0 Å². The molecule has 0 aliphatic heterocycles. The van der Waals surface area contributed by atoms with Crippen LogP contribution in [0, 0.1) is 6.92 Å². The summed E-state index contributed by atoms with van der Waals surface area (Å²) in [4.78, 5) is 16.9. The summed E-state index contributed by atoms with van der Waals surface area (Å²) in [5, 5.41) is 0. The van der Waals surface area contributed by atoms with Gasteiger partial charge in [-0.1, -0.05) is 29.0 Å². The number of aromatic nitrogens is 1. The van der Waals surface area contributed by atoms with Gasteiger partial charge in [-0.3, -0.25) is 4.79 Å². The number of ether oxygens (including phenoxy) is 3. The van der Waals surface area contributed by atoms with Crippen molar-refractivity contribution in [2.24, 2.45) is 12.0 Å². The van der Waals surface area contributed by atoms with Crippen molar-refractivity contribution in [1.82, 2.24) is 4.57 Å². The molecule has 0 saturated carbocycles. The van der Waals surface area contributed by atoms with Crippen molar-refractivity contribution < 1.29 is 19.0 Å². The van der Waals surface area contributed by atoms with Gasteiger partial charge in [-0.05, 0) is 19.1 Å². The number of nitrogens with zero attached hydrogens (tertiary/aromatic N) is 2. The number of carbonyl (C=O) groups is 1. The Labute approximate surface area is 155 Å². The molecular weight excluding hydrogens is 352 g/mol. The maximum atomic E-state index is 12.2. The van der Waals surface area contributed by atoms with Gasteiger partial charge in [-0.2, -0.15) is 4.99 Å². The summed E-state index contributed by atoms with van der Waals surface area (Å²) in [6.07, 6.45) is 0. The zero-order valence-electron chi connectivity index (χ0n) is 15.1. The van der Waals surface area contributed by atoms with Crippen molar-refractivity contribution in [2.45, 2.75) is 6.92 Å². The van der Waals surface area contributed by atoms with E-state index in [1.165, 1.54) is 11.3 Å². The fourth-order valence-electron chi connectivity index (χ4n) is 2.48. The van der Waals surface area contributed by atoms with Crippen LogP contribution in [0.25, 0.3) is 10.2 Å². The molecule has 0 unspecified atom stereocenters. The number of hydrogen-bond donors (Lipinski definition) is 0. The molecule has 1 amide bonds. The quantitative estimate of drug-likeness (QED) is 0.691. The van der Waals surface area contributed by atoms with Crippen LogP contribution in [0.4, 0.5) is 0 Å². The third-order valence-electron chi connectivity index (χ3n) is 3.92. The molecule has 0 fully saturated rings. The van der Waals surface area contributed by atoms with Gasteiger partial charge in [0, 0.05) is 19.2 Å². The molecule has 3 rings (SSSR count). The summed E-state index contributed by atoms with van der Waals surface area (Å²) in [7, 11) is 5.04. The molecule has 0 saturated heterocycles. The molecular formula is C19H20N2O4S. The number of hydrogen-bond acceptors (Lipinski definition) is 5. The molecule has 0 aliphatic rings. The number of carbonyl (C=O) groups excluding carboxylic acids is 1. The van der Waals surface area contributed by atoms with Crippen LogP contribution >= 0.6 is 11.3 Å². The molecule has 26 heavy (non-hydrogen) atoms. The van der Waals surface area contributed by atoms with E-state index >= 15 is 0 Å². The minimum atomic E-state index is -0.341. The molecule has 1 aromatic heterocycles. The number of benzene rings is 2. The Bertz CT molecular complexity index is 1000. The van der Waals surface area contributed by atoms with Gasteiger partial charge in [0.05, 0.1) is 24.4 Å². The molecule has 0 N–H and O–H groups in total. The van der Waals surface area contributed by atoms with Gasteiger partial charge in [0.15, 0.2) is 22.9 Å². The van der Waals surface area contributed by atoms with Gasteiger partial charge in [-0.15, -0.1) is 0 Å². The van der Waals surface area contributed by atoms with Crippen LogP contribution in [0.5, 0.6) is 17.2 Å². The molecule has 6 nitrogen and oxygen atoms in total. The van der Waals surface area contributed by atoms with E-state index in [-0.39, 0.29) is 12.5 Å². The van der Waals surface area contributed by atoms with Crippen molar-refractivity contribution >= 4 is 27.5 Å². The maximum absolute atomic E-state index is 12.2. The van der Waals surface area contributed by atoms with E-state index in [1.807, 2.05) is 54.9 Å². The molecule has 0 aliphatic carbocycles. The first-order valence-electron chi connectivity index (χ1n) is 8.00. The number of rotatable bonds is 5. The first kappa shape index (κ1) is 18.0. The zero-order valence-corrected chi connectivity index (χ0v) is 15.9. The lowest BCUT2D eigenvalue weighted by atomic mass is 10.2. The molecule has 0 bridgehead atoms. The van der Waals surface area contributed by atoms with E-state index < -0.39 is 0 Å². The third kappa shape index (κ3) is 3.72. The fraction of sp³-hybridized carbons (Fsp3) is 0.263. The first-order chi connectivity index (χ1) is 12.5. The lowest BCUT2D eigenvalue weighted by Gasteiger charge is -2.07. The topological polar surface area (TPSA) is 62.0 Å². The highest BCUT2D eigenvalue weighted by Gasteiger charge is 2.11. The number of aryl methyl sites for hydroxylation is 2. The third-order valence-corrected chi connectivity index (χ3v) is 5.01. The number of amides is 1. The Morgan fingerprint density at radius 1 is 1.12 bits per heavy atom. The van der Waals surface area contributed by atoms with E-state index in [0.717, 1.165) is 15.8 Å². The average Bonchev–Trinajstić information content (AvgIpc) is 2.95. The van der Waals surface area contributed by atoms with E-state index in [2.05, 4.69) is 4.99 Å². The van der Waals surface area contributed by atoms with Crippen molar-refractivity contribution in [3.05, 3.63) is 46.8 Å². The predicted molar refractivity (Wildman–Crippen MR) is 101 cm³/mol. The van der Waals surface area contributed by atoms with Crippen LogP contribution in [0.15, 0.2) is 41.4 Å². The molecule has 1 heterocycles. The second kappa shape index (κ2) is 7.61. The molecule has 136 valence electrons. The second-order valence-corrected chi connectivity index (χ2v) is 6.73. The SMILES string of the molecule is COc1cc2sc(=NC(=O)COc3ccc(C)cc3)n(C)c2cc1OC. The van der Waals surface area contributed by atoms with Gasteiger partial charge >= 0.3 is 0 Å². The lowest BCUT2D eigenvalue weighted by molar-refractivity contribution is -0.120. The summed E-state index contributed by atoms with van der Waals surface area (Å²) in [6.45, 7) is 1.89. The summed E-state index contributed by atoms with van der Waals surface area (Å²) >= 11 is 1.41. The minimum Gasteiger partial charge on any atom is -0.493 e. The first-order valence-corrected chi connectivity index (χ1v) is 8.82. The van der Waals surface area contributed by atoms with Crippen LogP contribution in [-0.4, -0.2) is 31.3 Å². The molecule has 0 atom stereocenters. The van der Waals surface area contributed by atoms with E-state index in [9.17, 15) is 4.79 Å². The highest BCUT2D eigenvalue weighted by atomic mass is 32.1. The van der Waals surface area contributed by atoms with Crippen LogP contribution in [0.2, 0.25) is 0 Å². The van der Waals surface area contributed by atoms with E-state index in [1.54, 1.807) is 14.2 Å². The summed E-state index contributed by atoms with van der Waals surface area (Å²) in [5.74, 6) is 1.58. The highest BCUT2D eigenvalue weighted by molar-refractivity contribution is 7.16. The molecule has 0 radical (unpaired) electrons. The van der Waals surface area contributed by atoms with Gasteiger partial charge in [-0.25, -0.2) is 0 Å². The van der Waals surface area contributed by atoms with Crippen LogP contribution in [0.1, 0.15) is 5.56 Å². The Morgan fingerprint density at radius 3 is 2.42 bits per heavy atom. The minimum absolute atomic E-state index is 0.107. The number of methoxy groups -OCH3 is 2. The average molecular weight is 372 g/mol. The standard InChI is InChI=1S/C19H20N2O4S/c1-12-5-7-13(8-6-12)25-11-18(22)20-19-21(2)14-9-15(23-3)16(24-4)10-17(14)26-19/h5-10H,11H2,1-4H3. The van der Waals surface area contributed by atoms with E-state index in [4.69, 9.17) is 14.2 Å². The van der Waals surface area contributed by atoms with Crippen molar-refractivity contribution in [3.63, 3.8) is 0 Å². The Balaban J connectivity index is 1.85. The summed E-state index contributed by atoms with van der Waals surface area (Å²) in [6, 6.07) is 11.3. The largest absolute Gasteiger partial charge is 0.493 e. The summed E-state index contributed by atoms with van der Waals surface area (Å²) in [5.41, 5.74) is 2.05. The molecule has 3 aromatic rings. The monoisotopic (exact) mass is 372 g/mol. The van der Waals surface area contributed by atoms with Crippen LogP contribution in [-0.2, 0) is 11.8 Å². The second-order valence-electron chi connectivity index (χ2n) is 5.73. The van der Waals surface area contributed by atoms with Gasteiger partial charge in [0.1, 0.15) is 5.75 Å². The fourth-order valence-corrected chi connectivity index (χ4v) is 3.53. The highest BCUT2D eigenvalue weighted by Crippen LogP contribution is 2.32. The van der Waals surface area contributed by atoms with Crippen molar-refractivity contribution in [1.29, 1.82) is 0 Å². The Morgan fingerprint density at radius 2 is 1.77 bits per heavy atom. The number of thiazole rings is 1. The molecule has 7 heteroatoms. The predicted octanol–water partition coefficient (Wildman–Crippen LogP) is 3.07. The van der Waals surface area contributed by atoms with Gasteiger partial charge in [0.2, 0.25) is 0 Å². The summed E-state index contributed by atoms with van der Waals surface area (Å²) < 4.78 is 19.0. The van der Waals surface area contributed by atoms with Crippen LogP contribution < -0.4 is 19.0 Å². The van der Waals surface area contributed by atoms with Crippen molar-refractivity contribution in [3.8, 4) is 17.2 Å². The molecule has 0 spiro atoms. The van der Waals surface area contributed by atoms with Gasteiger partial charge < -0.3 is 18.8 Å². The zero-order chi connectivity index (χ0) is 18.7. The van der Waals surface area contributed by atoms with E-state index in [0.29, 0.717) is 22.0 Å². The van der Waals surface area contributed by atoms with Gasteiger partial charge in [0.25, 0.3) is 5.91 Å². The Kier molecular flexibility index (Phi) is 5.27. The molecule has 2 aromatic carbocycles. The number of fused-ring (bicyclic) bond motifs is 1. The maximum Gasteiger partial charge on any atom is 0.286 e. The lowest BCUT2D eigenvalue weighted by Crippen LogP contribution is -2.17. The van der Waals surface area contributed by atoms with Crippen molar-refractivity contribution in [2.75, 3.05) is 20.8 Å². The smallest absolute Gasteiger partial charge is 0.286 e. The Hall–Kier alpha value is -2.80. The normalized spacial score (nSPS) is 11.6.